The topological polar surface area (TPSA) is 44.8 Å². The predicted octanol–water partition coefficient (Wildman–Crippen LogP) is 6.65. The van der Waals surface area contributed by atoms with E-state index in [9.17, 15) is 0 Å². The standard InChI is InChI=1S/C18H15N.C5H5N.C3H4N2/c1-4-10-16(11-5-1)19(17-12-6-2-7-13-17)18-14-8-3-9-15-18;1-2-4-6-5-3-1;1-2-4-5-3-1/h1-15H;1-5H;1-3H,(H,4,5). The molecule has 0 amide bonds. The van der Waals surface area contributed by atoms with Crippen LogP contribution in [-0.2, 0) is 0 Å². The molecule has 3 aromatic carbocycles. The van der Waals surface area contributed by atoms with Crippen molar-refractivity contribution in [3.05, 3.63) is 140 Å². The number of aromatic nitrogens is 3. The number of para-hydroxylation sites is 3. The van der Waals surface area contributed by atoms with Crippen molar-refractivity contribution in [3.63, 3.8) is 0 Å². The van der Waals surface area contributed by atoms with Gasteiger partial charge in [-0.05, 0) is 54.6 Å². The molecule has 30 heavy (non-hydrogen) atoms. The molecular formula is C26H24N4. The van der Waals surface area contributed by atoms with Crippen molar-refractivity contribution < 1.29 is 0 Å². The van der Waals surface area contributed by atoms with E-state index >= 15 is 0 Å². The molecule has 0 aliphatic carbocycles. The van der Waals surface area contributed by atoms with Gasteiger partial charge in [0.1, 0.15) is 0 Å². The highest BCUT2D eigenvalue weighted by molar-refractivity contribution is 5.76. The van der Waals surface area contributed by atoms with Gasteiger partial charge in [-0.1, -0.05) is 60.7 Å². The number of rotatable bonds is 3. The molecule has 0 radical (unpaired) electrons. The third-order valence-corrected chi connectivity index (χ3v) is 4.02. The molecule has 0 atom stereocenters. The summed E-state index contributed by atoms with van der Waals surface area (Å²) in [4.78, 5) is 6.03. The summed E-state index contributed by atoms with van der Waals surface area (Å²) in [7, 11) is 0. The van der Waals surface area contributed by atoms with E-state index in [1.165, 1.54) is 17.1 Å². The van der Waals surface area contributed by atoms with Gasteiger partial charge in [0, 0.05) is 41.8 Å². The largest absolute Gasteiger partial charge is 0.311 e. The minimum Gasteiger partial charge on any atom is -0.311 e. The van der Waals surface area contributed by atoms with Crippen molar-refractivity contribution in [2.75, 3.05) is 4.90 Å². The van der Waals surface area contributed by atoms with Crippen LogP contribution in [0.2, 0.25) is 0 Å². The van der Waals surface area contributed by atoms with Gasteiger partial charge in [-0.25, -0.2) is 0 Å². The molecule has 148 valence electrons. The maximum Gasteiger partial charge on any atom is 0.0487 e. The highest BCUT2D eigenvalue weighted by Crippen LogP contribution is 2.33. The van der Waals surface area contributed by atoms with Crippen LogP contribution in [0.3, 0.4) is 0 Å². The third-order valence-electron chi connectivity index (χ3n) is 4.02. The molecule has 0 saturated heterocycles. The first kappa shape index (κ1) is 20.6. The summed E-state index contributed by atoms with van der Waals surface area (Å²) in [5, 5.41) is 6.21. The van der Waals surface area contributed by atoms with Crippen LogP contribution in [0.5, 0.6) is 0 Å². The van der Waals surface area contributed by atoms with Crippen LogP contribution in [-0.4, -0.2) is 15.2 Å². The van der Waals surface area contributed by atoms with Gasteiger partial charge in [0.25, 0.3) is 0 Å². The Morgan fingerprint density at radius 2 is 0.900 bits per heavy atom. The molecule has 4 heteroatoms. The van der Waals surface area contributed by atoms with Crippen molar-refractivity contribution in [2.24, 2.45) is 0 Å². The molecule has 0 fully saturated rings. The molecule has 5 rings (SSSR count). The van der Waals surface area contributed by atoms with Crippen LogP contribution in [0.15, 0.2) is 140 Å². The van der Waals surface area contributed by atoms with E-state index < -0.39 is 0 Å². The molecule has 0 saturated carbocycles. The van der Waals surface area contributed by atoms with E-state index in [0.29, 0.717) is 0 Å². The Morgan fingerprint density at radius 3 is 1.13 bits per heavy atom. The van der Waals surface area contributed by atoms with Crippen LogP contribution in [0.4, 0.5) is 17.1 Å². The van der Waals surface area contributed by atoms with Crippen molar-refractivity contribution in [2.45, 2.75) is 0 Å². The summed E-state index contributed by atoms with van der Waals surface area (Å²) >= 11 is 0. The number of hydrogen-bond donors (Lipinski definition) is 1. The van der Waals surface area contributed by atoms with E-state index in [2.05, 4.69) is 92.9 Å². The van der Waals surface area contributed by atoms with Crippen LogP contribution in [0.25, 0.3) is 0 Å². The lowest BCUT2D eigenvalue weighted by Crippen LogP contribution is -2.09. The molecule has 4 nitrogen and oxygen atoms in total. The molecule has 0 unspecified atom stereocenters. The van der Waals surface area contributed by atoms with E-state index in [4.69, 9.17) is 0 Å². The van der Waals surface area contributed by atoms with Gasteiger partial charge in [0.05, 0.1) is 0 Å². The summed E-state index contributed by atoms with van der Waals surface area (Å²) in [5.41, 5.74) is 3.50. The fourth-order valence-corrected chi connectivity index (χ4v) is 2.71. The van der Waals surface area contributed by atoms with Gasteiger partial charge in [0.15, 0.2) is 0 Å². The first-order valence-corrected chi connectivity index (χ1v) is 9.69. The third kappa shape index (κ3) is 6.77. The number of aromatic amines is 1. The zero-order valence-corrected chi connectivity index (χ0v) is 16.6. The van der Waals surface area contributed by atoms with Crippen LogP contribution in [0.1, 0.15) is 0 Å². The average molecular weight is 393 g/mol. The lowest BCUT2D eigenvalue weighted by atomic mass is 10.2. The highest BCUT2D eigenvalue weighted by atomic mass is 15.1. The fraction of sp³-hybridized carbons (Fsp3) is 0. The Morgan fingerprint density at radius 1 is 0.467 bits per heavy atom. The van der Waals surface area contributed by atoms with Crippen molar-refractivity contribution >= 4 is 17.1 Å². The Balaban J connectivity index is 0.000000189. The number of H-pyrrole nitrogens is 1. The molecule has 0 aliphatic rings. The molecule has 0 spiro atoms. The number of benzene rings is 3. The van der Waals surface area contributed by atoms with Crippen molar-refractivity contribution in [3.8, 4) is 0 Å². The SMILES string of the molecule is c1ccc(N(c2ccccc2)c2ccccc2)cc1.c1ccncc1.c1cn[nH]c1. The second-order valence-corrected chi connectivity index (χ2v) is 6.13. The van der Waals surface area contributed by atoms with E-state index in [1.54, 1.807) is 24.8 Å². The first-order valence-electron chi connectivity index (χ1n) is 9.69. The first-order chi connectivity index (χ1) is 14.9. The minimum absolute atomic E-state index is 1.17. The quantitative estimate of drug-likeness (QED) is 0.374. The Kier molecular flexibility index (Phi) is 8.43. The summed E-state index contributed by atoms with van der Waals surface area (Å²) in [6.07, 6.45) is 6.96. The minimum atomic E-state index is 1.17. The van der Waals surface area contributed by atoms with Crippen LogP contribution in [0, 0.1) is 0 Å². The highest BCUT2D eigenvalue weighted by Gasteiger charge is 2.10. The van der Waals surface area contributed by atoms with Gasteiger partial charge in [0.2, 0.25) is 0 Å². The van der Waals surface area contributed by atoms with E-state index in [0.717, 1.165) is 0 Å². The molecule has 2 aromatic heterocycles. The monoisotopic (exact) mass is 392 g/mol. The maximum absolute atomic E-state index is 3.78. The molecule has 1 N–H and O–H groups in total. The normalized spacial score (nSPS) is 9.33. The lowest BCUT2D eigenvalue weighted by molar-refractivity contribution is 1.09. The van der Waals surface area contributed by atoms with Crippen LogP contribution < -0.4 is 4.90 Å². The summed E-state index contributed by atoms with van der Waals surface area (Å²) < 4.78 is 0. The Hall–Kier alpha value is -4.18. The summed E-state index contributed by atoms with van der Waals surface area (Å²) in [6, 6.07) is 38.8. The average Bonchev–Trinajstić information content (AvgIpc) is 3.44. The second-order valence-electron chi connectivity index (χ2n) is 6.13. The van der Waals surface area contributed by atoms with E-state index in [-0.39, 0.29) is 0 Å². The van der Waals surface area contributed by atoms with Gasteiger partial charge in [-0.2, -0.15) is 5.10 Å². The van der Waals surface area contributed by atoms with Crippen molar-refractivity contribution in [1.82, 2.24) is 15.2 Å². The molecule has 0 bridgehead atoms. The number of hydrogen-bond acceptors (Lipinski definition) is 3. The van der Waals surface area contributed by atoms with Crippen LogP contribution >= 0.6 is 0 Å². The van der Waals surface area contributed by atoms with Gasteiger partial charge < -0.3 is 4.90 Å². The van der Waals surface area contributed by atoms with Crippen molar-refractivity contribution in [1.29, 1.82) is 0 Å². The zero-order valence-electron chi connectivity index (χ0n) is 16.6. The fourth-order valence-electron chi connectivity index (χ4n) is 2.71. The number of pyridine rings is 1. The number of nitrogens with zero attached hydrogens (tertiary/aromatic N) is 3. The number of anilines is 3. The molecule has 0 aliphatic heterocycles. The molecule has 5 aromatic rings. The zero-order chi connectivity index (χ0) is 20.7. The van der Waals surface area contributed by atoms with Gasteiger partial charge in [-0.3, -0.25) is 10.1 Å². The smallest absolute Gasteiger partial charge is 0.0487 e. The molecular weight excluding hydrogens is 368 g/mol. The second kappa shape index (κ2) is 12.3. The predicted molar refractivity (Wildman–Crippen MR) is 124 cm³/mol. The summed E-state index contributed by atoms with van der Waals surface area (Å²) in [5.74, 6) is 0. The summed E-state index contributed by atoms with van der Waals surface area (Å²) in [6.45, 7) is 0. The van der Waals surface area contributed by atoms with Gasteiger partial charge in [-0.15, -0.1) is 0 Å². The Labute approximate surface area is 177 Å². The maximum atomic E-state index is 3.78. The Bertz CT molecular complexity index is 882. The number of nitrogens with one attached hydrogen (secondary N) is 1. The van der Waals surface area contributed by atoms with E-state index in [1.807, 2.05) is 42.5 Å². The molecule has 2 heterocycles. The van der Waals surface area contributed by atoms with Gasteiger partial charge >= 0.3 is 0 Å². The lowest BCUT2D eigenvalue weighted by Gasteiger charge is -2.25.